The molecule has 1 aromatic carbocycles. The van der Waals surface area contributed by atoms with Gasteiger partial charge in [-0.2, -0.15) is 0 Å². The summed E-state index contributed by atoms with van der Waals surface area (Å²) in [5.41, 5.74) is 4.23. The summed E-state index contributed by atoms with van der Waals surface area (Å²) in [4.78, 5) is 0. The second kappa shape index (κ2) is 5.54. The molecule has 0 bridgehead atoms. The van der Waals surface area contributed by atoms with Crippen molar-refractivity contribution in [1.29, 1.82) is 0 Å². The molecule has 0 saturated carbocycles. The molecule has 1 aliphatic rings. The van der Waals surface area contributed by atoms with E-state index in [1.807, 2.05) is 0 Å². The Morgan fingerprint density at radius 1 is 1.41 bits per heavy atom. The van der Waals surface area contributed by atoms with Gasteiger partial charge in [0, 0.05) is 19.3 Å². The summed E-state index contributed by atoms with van der Waals surface area (Å²) in [6.45, 7) is 6.53. The number of fused-ring (bicyclic) bond motifs is 1. The largest absolute Gasteiger partial charge is 0.384 e. The molecule has 2 heteroatoms. The first kappa shape index (κ1) is 12.4. The first-order valence-electron chi connectivity index (χ1n) is 6.56. The second-order valence-electron chi connectivity index (χ2n) is 5.28. The molecule has 2 rings (SSSR count). The molecule has 1 aromatic rings. The van der Waals surface area contributed by atoms with Gasteiger partial charge in [0.2, 0.25) is 0 Å². The lowest BCUT2D eigenvalue weighted by Crippen LogP contribution is -2.27. The molecule has 1 aliphatic heterocycles. The molecule has 0 radical (unpaired) electrons. The molecule has 94 valence electrons. The van der Waals surface area contributed by atoms with E-state index in [9.17, 15) is 0 Å². The van der Waals surface area contributed by atoms with Gasteiger partial charge >= 0.3 is 0 Å². The highest BCUT2D eigenvalue weighted by Gasteiger charge is 2.22. The van der Waals surface area contributed by atoms with Gasteiger partial charge in [-0.3, -0.25) is 0 Å². The molecule has 1 heterocycles. The number of anilines is 1. The average Bonchev–Trinajstić information content (AvgIpc) is 2.35. The maximum absolute atomic E-state index is 5.17. The third-order valence-electron chi connectivity index (χ3n) is 3.78. The zero-order valence-corrected chi connectivity index (χ0v) is 11.1. The number of para-hydroxylation sites is 1. The van der Waals surface area contributed by atoms with Crippen molar-refractivity contribution in [1.82, 2.24) is 0 Å². The molecule has 0 spiro atoms. The van der Waals surface area contributed by atoms with E-state index in [2.05, 4.69) is 37.4 Å². The molecule has 0 aromatic heterocycles. The zero-order chi connectivity index (χ0) is 12.3. The Labute approximate surface area is 104 Å². The highest BCUT2D eigenvalue weighted by Crippen LogP contribution is 2.31. The minimum atomic E-state index is 0.748. The van der Waals surface area contributed by atoms with Gasteiger partial charge in [-0.1, -0.05) is 32.0 Å². The minimum Gasteiger partial charge on any atom is -0.384 e. The smallest absolute Gasteiger partial charge is 0.0503 e. The number of hydrogen-bond acceptors (Lipinski definition) is 2. The highest BCUT2D eigenvalue weighted by molar-refractivity contribution is 5.59. The molecule has 17 heavy (non-hydrogen) atoms. The van der Waals surface area contributed by atoms with E-state index in [1.54, 1.807) is 7.11 Å². The van der Waals surface area contributed by atoms with Crippen LogP contribution >= 0.6 is 0 Å². The Morgan fingerprint density at radius 3 is 2.94 bits per heavy atom. The summed E-state index contributed by atoms with van der Waals surface area (Å²) in [6, 6.07) is 6.64. The van der Waals surface area contributed by atoms with Gasteiger partial charge < -0.3 is 10.1 Å². The Balaban J connectivity index is 2.17. The predicted molar refractivity (Wildman–Crippen MR) is 72.5 cm³/mol. The maximum Gasteiger partial charge on any atom is 0.0503 e. The van der Waals surface area contributed by atoms with Crippen molar-refractivity contribution < 1.29 is 4.74 Å². The molecule has 0 amide bonds. The van der Waals surface area contributed by atoms with Crippen LogP contribution in [0.3, 0.4) is 0 Å². The summed E-state index contributed by atoms with van der Waals surface area (Å²) in [5, 5.41) is 3.62. The lowest BCUT2D eigenvalue weighted by atomic mass is 9.84. The number of rotatable bonds is 4. The van der Waals surface area contributed by atoms with Crippen molar-refractivity contribution in [2.24, 2.45) is 11.8 Å². The van der Waals surface area contributed by atoms with Crippen molar-refractivity contribution in [3.63, 3.8) is 0 Å². The van der Waals surface area contributed by atoms with Gasteiger partial charge in [0.15, 0.2) is 0 Å². The van der Waals surface area contributed by atoms with E-state index in [0.717, 1.165) is 31.4 Å². The van der Waals surface area contributed by atoms with Gasteiger partial charge in [-0.05, 0) is 35.8 Å². The van der Waals surface area contributed by atoms with E-state index in [0.29, 0.717) is 0 Å². The predicted octanol–water partition coefficient (Wildman–Crippen LogP) is 3.12. The van der Waals surface area contributed by atoms with Crippen molar-refractivity contribution >= 4 is 5.69 Å². The standard InChI is InChI=1S/C15H23NO/c1-11(2)14-9-13-6-4-5-12(7-8-17-3)15(13)16-10-14/h4-6,11,14,16H,7-10H2,1-3H3. The minimum absolute atomic E-state index is 0.748. The number of ether oxygens (including phenoxy) is 1. The van der Waals surface area contributed by atoms with E-state index >= 15 is 0 Å². The first-order chi connectivity index (χ1) is 8.22. The molecular formula is C15H23NO. The fourth-order valence-electron chi connectivity index (χ4n) is 2.53. The summed E-state index contributed by atoms with van der Waals surface area (Å²) >= 11 is 0. The van der Waals surface area contributed by atoms with E-state index in [4.69, 9.17) is 4.74 Å². The van der Waals surface area contributed by atoms with E-state index in [-0.39, 0.29) is 0 Å². The molecule has 2 nitrogen and oxygen atoms in total. The lowest BCUT2D eigenvalue weighted by molar-refractivity contribution is 0.202. The topological polar surface area (TPSA) is 21.3 Å². The summed E-state index contributed by atoms with van der Waals surface area (Å²) in [7, 11) is 1.76. The van der Waals surface area contributed by atoms with Gasteiger partial charge in [0.1, 0.15) is 0 Å². The van der Waals surface area contributed by atoms with Gasteiger partial charge in [-0.15, -0.1) is 0 Å². The van der Waals surface area contributed by atoms with Crippen LogP contribution in [0.5, 0.6) is 0 Å². The molecule has 0 fully saturated rings. The molecular weight excluding hydrogens is 210 g/mol. The SMILES string of the molecule is COCCc1cccc2c1NCC(C(C)C)C2. The van der Waals surface area contributed by atoms with Crippen LogP contribution in [0.15, 0.2) is 18.2 Å². The quantitative estimate of drug-likeness (QED) is 0.862. The summed E-state index contributed by atoms with van der Waals surface area (Å²) < 4.78 is 5.17. The van der Waals surface area contributed by atoms with Crippen molar-refractivity contribution in [2.75, 3.05) is 25.6 Å². The Bertz CT molecular complexity index is 373. The van der Waals surface area contributed by atoms with Crippen LogP contribution in [-0.2, 0) is 17.6 Å². The number of benzene rings is 1. The van der Waals surface area contributed by atoms with Gasteiger partial charge in [-0.25, -0.2) is 0 Å². The third-order valence-corrected chi connectivity index (χ3v) is 3.78. The average molecular weight is 233 g/mol. The van der Waals surface area contributed by atoms with E-state index < -0.39 is 0 Å². The summed E-state index contributed by atoms with van der Waals surface area (Å²) in [5.74, 6) is 1.51. The first-order valence-corrected chi connectivity index (χ1v) is 6.56. The van der Waals surface area contributed by atoms with Crippen molar-refractivity contribution in [3.05, 3.63) is 29.3 Å². The number of methoxy groups -OCH3 is 1. The molecule has 0 saturated heterocycles. The molecule has 1 unspecified atom stereocenters. The van der Waals surface area contributed by atoms with Crippen LogP contribution in [-0.4, -0.2) is 20.3 Å². The van der Waals surface area contributed by atoms with E-state index in [1.165, 1.54) is 23.2 Å². The monoisotopic (exact) mass is 233 g/mol. The zero-order valence-electron chi connectivity index (χ0n) is 11.1. The second-order valence-corrected chi connectivity index (χ2v) is 5.28. The van der Waals surface area contributed by atoms with Crippen LogP contribution < -0.4 is 5.32 Å². The number of hydrogen-bond donors (Lipinski definition) is 1. The normalized spacial score (nSPS) is 18.9. The van der Waals surface area contributed by atoms with Crippen LogP contribution in [0.1, 0.15) is 25.0 Å². The fraction of sp³-hybridized carbons (Fsp3) is 0.600. The lowest BCUT2D eigenvalue weighted by Gasteiger charge is -2.30. The third kappa shape index (κ3) is 2.81. The van der Waals surface area contributed by atoms with Crippen LogP contribution in [0.2, 0.25) is 0 Å². The molecule has 0 aliphatic carbocycles. The number of nitrogens with one attached hydrogen (secondary N) is 1. The molecule has 1 atom stereocenters. The maximum atomic E-state index is 5.17. The van der Waals surface area contributed by atoms with Crippen LogP contribution in [0, 0.1) is 11.8 Å². The van der Waals surface area contributed by atoms with Crippen molar-refractivity contribution in [3.8, 4) is 0 Å². The van der Waals surface area contributed by atoms with Gasteiger partial charge in [0.05, 0.1) is 6.61 Å². The molecule has 1 N–H and O–H groups in total. The fourth-order valence-corrected chi connectivity index (χ4v) is 2.53. The Morgan fingerprint density at radius 2 is 2.24 bits per heavy atom. The van der Waals surface area contributed by atoms with Crippen LogP contribution in [0.4, 0.5) is 5.69 Å². The van der Waals surface area contributed by atoms with Crippen LogP contribution in [0.25, 0.3) is 0 Å². The highest BCUT2D eigenvalue weighted by atomic mass is 16.5. The Kier molecular flexibility index (Phi) is 4.06. The summed E-state index contributed by atoms with van der Waals surface area (Å²) in [6.07, 6.45) is 2.21. The Hall–Kier alpha value is -1.02. The van der Waals surface area contributed by atoms with Gasteiger partial charge in [0.25, 0.3) is 0 Å². The van der Waals surface area contributed by atoms with Crippen molar-refractivity contribution in [2.45, 2.75) is 26.7 Å².